The van der Waals surface area contributed by atoms with Crippen LogP contribution < -0.4 is 10.1 Å². The van der Waals surface area contributed by atoms with Gasteiger partial charge in [-0.2, -0.15) is 0 Å². The second-order valence-electron chi connectivity index (χ2n) is 5.50. The molecule has 2 fully saturated rings. The standard InChI is InChI=1S/C15H21BrN2O/c16-13-2-1-3-14(10-13)19-9-8-18-7-6-17-15(11-18)12-4-5-12/h1-3,10,12,15,17H,4-9,11H2. The molecule has 1 heterocycles. The number of ether oxygens (including phenoxy) is 1. The van der Waals surface area contributed by atoms with Gasteiger partial charge in [0.2, 0.25) is 0 Å². The van der Waals surface area contributed by atoms with Gasteiger partial charge in [-0.1, -0.05) is 22.0 Å². The van der Waals surface area contributed by atoms with Crippen LogP contribution in [0.5, 0.6) is 5.75 Å². The fourth-order valence-electron chi connectivity index (χ4n) is 2.71. The van der Waals surface area contributed by atoms with E-state index in [1.807, 2.05) is 24.3 Å². The third-order valence-electron chi connectivity index (χ3n) is 3.95. The first-order chi connectivity index (χ1) is 9.31. The van der Waals surface area contributed by atoms with E-state index >= 15 is 0 Å². The summed E-state index contributed by atoms with van der Waals surface area (Å²) in [5.41, 5.74) is 0. The van der Waals surface area contributed by atoms with Gasteiger partial charge in [0.05, 0.1) is 0 Å². The lowest BCUT2D eigenvalue weighted by Gasteiger charge is -2.33. The third kappa shape index (κ3) is 3.94. The monoisotopic (exact) mass is 324 g/mol. The van der Waals surface area contributed by atoms with Crippen molar-refractivity contribution in [2.75, 3.05) is 32.8 Å². The average Bonchev–Trinajstić information content (AvgIpc) is 3.23. The molecule has 104 valence electrons. The van der Waals surface area contributed by atoms with Crippen molar-refractivity contribution in [2.24, 2.45) is 5.92 Å². The van der Waals surface area contributed by atoms with Crippen molar-refractivity contribution in [3.8, 4) is 5.75 Å². The number of piperazine rings is 1. The quantitative estimate of drug-likeness (QED) is 0.900. The number of hydrogen-bond acceptors (Lipinski definition) is 3. The molecule has 0 amide bonds. The van der Waals surface area contributed by atoms with E-state index in [2.05, 4.69) is 26.1 Å². The van der Waals surface area contributed by atoms with Crippen LogP contribution in [0.3, 0.4) is 0 Å². The Morgan fingerprint density at radius 2 is 2.26 bits per heavy atom. The minimum absolute atomic E-state index is 0.722. The Hall–Kier alpha value is -0.580. The van der Waals surface area contributed by atoms with Crippen molar-refractivity contribution in [1.82, 2.24) is 10.2 Å². The van der Waals surface area contributed by atoms with E-state index in [9.17, 15) is 0 Å². The molecule has 0 bridgehead atoms. The van der Waals surface area contributed by atoms with E-state index in [1.54, 1.807) is 0 Å². The van der Waals surface area contributed by atoms with Gasteiger partial charge in [0.25, 0.3) is 0 Å². The summed E-state index contributed by atoms with van der Waals surface area (Å²) < 4.78 is 6.88. The Labute approximate surface area is 123 Å². The number of nitrogens with one attached hydrogen (secondary N) is 1. The summed E-state index contributed by atoms with van der Waals surface area (Å²) in [5.74, 6) is 1.89. The highest BCUT2D eigenvalue weighted by molar-refractivity contribution is 9.10. The highest BCUT2D eigenvalue weighted by Crippen LogP contribution is 2.33. The molecular weight excluding hydrogens is 304 g/mol. The van der Waals surface area contributed by atoms with Crippen LogP contribution in [0.1, 0.15) is 12.8 Å². The van der Waals surface area contributed by atoms with E-state index in [1.165, 1.54) is 19.4 Å². The highest BCUT2D eigenvalue weighted by Gasteiger charge is 2.33. The molecule has 1 aromatic rings. The largest absolute Gasteiger partial charge is 0.492 e. The molecule has 0 radical (unpaired) electrons. The summed E-state index contributed by atoms with van der Waals surface area (Å²) in [6.07, 6.45) is 2.83. The zero-order chi connectivity index (χ0) is 13.1. The fourth-order valence-corrected chi connectivity index (χ4v) is 3.09. The van der Waals surface area contributed by atoms with Gasteiger partial charge in [0.1, 0.15) is 12.4 Å². The summed E-state index contributed by atoms with van der Waals surface area (Å²) in [4.78, 5) is 2.53. The van der Waals surface area contributed by atoms with Gasteiger partial charge in [-0.3, -0.25) is 4.90 Å². The molecule has 1 aliphatic heterocycles. The minimum Gasteiger partial charge on any atom is -0.492 e. The summed E-state index contributed by atoms with van der Waals surface area (Å²) in [6.45, 7) is 5.25. The van der Waals surface area contributed by atoms with Crippen LogP contribution in [-0.2, 0) is 0 Å². The van der Waals surface area contributed by atoms with E-state index in [0.717, 1.165) is 48.4 Å². The number of nitrogens with zero attached hydrogens (tertiary/aromatic N) is 1. The second kappa shape index (κ2) is 6.25. The topological polar surface area (TPSA) is 24.5 Å². The summed E-state index contributed by atoms with van der Waals surface area (Å²) >= 11 is 3.46. The molecule has 0 aromatic heterocycles. The summed E-state index contributed by atoms with van der Waals surface area (Å²) in [7, 11) is 0. The first-order valence-corrected chi connectivity index (χ1v) is 7.95. The number of benzene rings is 1. The Bertz CT molecular complexity index is 422. The molecule has 1 aliphatic carbocycles. The van der Waals surface area contributed by atoms with Gasteiger partial charge in [0.15, 0.2) is 0 Å². The zero-order valence-electron chi connectivity index (χ0n) is 11.1. The van der Waals surface area contributed by atoms with Crippen LogP contribution in [0.4, 0.5) is 0 Å². The smallest absolute Gasteiger partial charge is 0.120 e. The molecule has 4 heteroatoms. The highest BCUT2D eigenvalue weighted by atomic mass is 79.9. The van der Waals surface area contributed by atoms with Gasteiger partial charge < -0.3 is 10.1 Å². The van der Waals surface area contributed by atoms with Crippen molar-refractivity contribution in [1.29, 1.82) is 0 Å². The lowest BCUT2D eigenvalue weighted by atomic mass is 10.1. The van der Waals surface area contributed by atoms with Crippen LogP contribution in [0, 0.1) is 5.92 Å². The number of hydrogen-bond donors (Lipinski definition) is 1. The first kappa shape index (κ1) is 13.4. The fraction of sp³-hybridized carbons (Fsp3) is 0.600. The predicted octanol–water partition coefficient (Wildman–Crippen LogP) is 2.51. The first-order valence-electron chi connectivity index (χ1n) is 7.15. The van der Waals surface area contributed by atoms with Crippen LogP contribution in [0.15, 0.2) is 28.7 Å². The maximum Gasteiger partial charge on any atom is 0.120 e. The van der Waals surface area contributed by atoms with Crippen molar-refractivity contribution in [3.63, 3.8) is 0 Å². The number of rotatable bonds is 5. The van der Waals surface area contributed by atoms with Crippen molar-refractivity contribution in [2.45, 2.75) is 18.9 Å². The normalized spacial score (nSPS) is 24.4. The Balaban J connectivity index is 1.41. The Morgan fingerprint density at radius 3 is 3.05 bits per heavy atom. The SMILES string of the molecule is Brc1cccc(OCCN2CCNC(C3CC3)C2)c1. The van der Waals surface area contributed by atoms with Crippen LogP contribution in [-0.4, -0.2) is 43.7 Å². The van der Waals surface area contributed by atoms with Gasteiger partial charge in [-0.05, 0) is 37.0 Å². The molecule has 3 nitrogen and oxygen atoms in total. The minimum atomic E-state index is 0.722. The lowest BCUT2D eigenvalue weighted by molar-refractivity contribution is 0.158. The maximum absolute atomic E-state index is 5.81. The van der Waals surface area contributed by atoms with Gasteiger partial charge in [0, 0.05) is 36.7 Å². The zero-order valence-corrected chi connectivity index (χ0v) is 12.7. The van der Waals surface area contributed by atoms with Gasteiger partial charge in [-0.25, -0.2) is 0 Å². The summed E-state index contributed by atoms with van der Waals surface area (Å²) in [5, 5.41) is 3.64. The molecule has 1 aromatic carbocycles. The van der Waals surface area contributed by atoms with Crippen LogP contribution >= 0.6 is 15.9 Å². The third-order valence-corrected chi connectivity index (χ3v) is 4.45. The van der Waals surface area contributed by atoms with Crippen molar-refractivity contribution in [3.05, 3.63) is 28.7 Å². The molecule has 0 spiro atoms. The molecular formula is C15H21BrN2O. The molecule has 1 N–H and O–H groups in total. The number of halogens is 1. The van der Waals surface area contributed by atoms with E-state index in [-0.39, 0.29) is 0 Å². The lowest BCUT2D eigenvalue weighted by Crippen LogP contribution is -2.52. The molecule has 1 atom stereocenters. The second-order valence-corrected chi connectivity index (χ2v) is 6.42. The van der Waals surface area contributed by atoms with Crippen LogP contribution in [0.2, 0.25) is 0 Å². The Morgan fingerprint density at radius 1 is 1.37 bits per heavy atom. The van der Waals surface area contributed by atoms with Crippen molar-refractivity contribution >= 4 is 15.9 Å². The summed E-state index contributed by atoms with van der Waals surface area (Å²) in [6, 6.07) is 8.77. The van der Waals surface area contributed by atoms with E-state index in [4.69, 9.17) is 4.74 Å². The molecule has 1 saturated heterocycles. The molecule has 1 unspecified atom stereocenters. The van der Waals surface area contributed by atoms with E-state index in [0.29, 0.717) is 0 Å². The predicted molar refractivity (Wildman–Crippen MR) is 80.6 cm³/mol. The van der Waals surface area contributed by atoms with Gasteiger partial charge in [-0.15, -0.1) is 0 Å². The molecule has 2 aliphatic rings. The molecule has 3 rings (SSSR count). The van der Waals surface area contributed by atoms with Crippen molar-refractivity contribution < 1.29 is 4.74 Å². The maximum atomic E-state index is 5.81. The van der Waals surface area contributed by atoms with Gasteiger partial charge >= 0.3 is 0 Å². The molecule has 19 heavy (non-hydrogen) atoms. The van der Waals surface area contributed by atoms with Crippen LogP contribution in [0.25, 0.3) is 0 Å². The average molecular weight is 325 g/mol. The molecule has 1 saturated carbocycles. The Kier molecular flexibility index (Phi) is 4.41. The van der Waals surface area contributed by atoms with E-state index < -0.39 is 0 Å².